The van der Waals surface area contributed by atoms with Crippen molar-refractivity contribution in [3.8, 4) is 0 Å². The molecule has 3 nitrogen and oxygen atoms in total. The van der Waals surface area contributed by atoms with Gasteiger partial charge in [0.1, 0.15) is 0 Å². The molecule has 0 amide bonds. The lowest BCUT2D eigenvalue weighted by Crippen LogP contribution is -2.03. The van der Waals surface area contributed by atoms with E-state index in [4.69, 9.17) is 16.7 Å². The Labute approximate surface area is 101 Å². The van der Waals surface area contributed by atoms with E-state index in [1.807, 2.05) is 0 Å². The third-order valence-electron chi connectivity index (χ3n) is 2.52. The fourth-order valence-corrected chi connectivity index (χ4v) is 3.03. The first-order valence-electron chi connectivity index (χ1n) is 4.99. The van der Waals surface area contributed by atoms with Crippen LogP contribution < -0.4 is 0 Å². The number of hydrogen-bond donors (Lipinski definition) is 1. The van der Waals surface area contributed by atoms with E-state index in [9.17, 15) is 9.00 Å². The average molecular weight is 259 g/mol. The van der Waals surface area contributed by atoms with Crippen LogP contribution in [0, 0.1) is 5.92 Å². The van der Waals surface area contributed by atoms with Gasteiger partial charge in [0.05, 0.1) is 21.4 Å². The molecule has 1 aromatic rings. The summed E-state index contributed by atoms with van der Waals surface area (Å²) < 4.78 is 11.9. The van der Waals surface area contributed by atoms with Crippen LogP contribution in [0.2, 0.25) is 5.02 Å². The summed E-state index contributed by atoms with van der Waals surface area (Å²) in [4.78, 5) is 11.4. The van der Waals surface area contributed by atoms with E-state index in [0.717, 1.165) is 12.8 Å². The molecule has 1 aliphatic rings. The topological polar surface area (TPSA) is 54.4 Å². The second kappa shape index (κ2) is 4.55. The zero-order valence-corrected chi connectivity index (χ0v) is 10.1. The van der Waals surface area contributed by atoms with Gasteiger partial charge >= 0.3 is 5.97 Å². The van der Waals surface area contributed by atoms with Crippen molar-refractivity contribution in [1.82, 2.24) is 0 Å². The zero-order chi connectivity index (χ0) is 11.7. The Bertz CT molecular complexity index is 455. The molecule has 16 heavy (non-hydrogen) atoms. The van der Waals surface area contributed by atoms with Gasteiger partial charge in [0.25, 0.3) is 0 Å². The number of carboxylic acids is 1. The highest BCUT2D eigenvalue weighted by molar-refractivity contribution is 7.85. The van der Waals surface area contributed by atoms with Gasteiger partial charge in [-0.1, -0.05) is 11.6 Å². The predicted molar refractivity (Wildman–Crippen MR) is 62.4 cm³/mol. The molecule has 86 valence electrons. The first-order chi connectivity index (χ1) is 7.58. The summed E-state index contributed by atoms with van der Waals surface area (Å²) in [5, 5.41) is 9.06. The first kappa shape index (κ1) is 11.6. The molecule has 1 N–H and O–H groups in total. The number of aromatic carboxylic acids is 1. The van der Waals surface area contributed by atoms with E-state index in [-0.39, 0.29) is 10.6 Å². The average Bonchev–Trinajstić information content (AvgIpc) is 3.01. The van der Waals surface area contributed by atoms with Crippen LogP contribution in [0.4, 0.5) is 0 Å². The van der Waals surface area contributed by atoms with Crippen LogP contribution in [-0.4, -0.2) is 21.0 Å². The molecule has 0 aliphatic heterocycles. The van der Waals surface area contributed by atoms with Crippen molar-refractivity contribution in [2.45, 2.75) is 17.7 Å². The Balaban J connectivity index is 2.23. The highest BCUT2D eigenvalue weighted by Crippen LogP contribution is 2.31. The maximum absolute atomic E-state index is 11.9. The minimum atomic E-state index is -1.11. The Hall–Kier alpha value is -0.870. The molecule has 2 rings (SSSR count). The summed E-state index contributed by atoms with van der Waals surface area (Å²) in [6, 6.07) is 4.53. The molecule has 0 aromatic heterocycles. The summed E-state index contributed by atoms with van der Waals surface area (Å²) in [6.07, 6.45) is 2.26. The number of hydrogen-bond acceptors (Lipinski definition) is 2. The summed E-state index contributed by atoms with van der Waals surface area (Å²) in [5.41, 5.74) is 0.0170. The SMILES string of the molecule is O=C(O)c1cc(S(=O)CC2CC2)ccc1Cl. The van der Waals surface area contributed by atoms with Crippen LogP contribution in [-0.2, 0) is 10.8 Å². The van der Waals surface area contributed by atoms with Gasteiger partial charge in [0, 0.05) is 10.6 Å². The van der Waals surface area contributed by atoms with Crippen molar-refractivity contribution in [2.75, 3.05) is 5.75 Å². The second-order valence-electron chi connectivity index (χ2n) is 3.90. The molecule has 1 atom stereocenters. The van der Waals surface area contributed by atoms with Crippen LogP contribution in [0.1, 0.15) is 23.2 Å². The van der Waals surface area contributed by atoms with Gasteiger partial charge < -0.3 is 5.11 Å². The molecule has 0 radical (unpaired) electrons. The number of carbonyl (C=O) groups is 1. The van der Waals surface area contributed by atoms with Gasteiger partial charge in [0.2, 0.25) is 0 Å². The molecule has 1 unspecified atom stereocenters. The fraction of sp³-hybridized carbons (Fsp3) is 0.364. The van der Waals surface area contributed by atoms with Crippen LogP contribution in [0.25, 0.3) is 0 Å². The highest BCUT2D eigenvalue weighted by Gasteiger charge is 2.24. The zero-order valence-electron chi connectivity index (χ0n) is 8.48. The number of carboxylic acid groups (broad SMARTS) is 1. The minimum absolute atomic E-state index is 0.0170. The molecular formula is C11H11ClO3S. The van der Waals surface area contributed by atoms with E-state index in [1.54, 1.807) is 6.07 Å². The van der Waals surface area contributed by atoms with Crippen LogP contribution >= 0.6 is 11.6 Å². The van der Waals surface area contributed by atoms with Crippen LogP contribution in [0.15, 0.2) is 23.1 Å². The van der Waals surface area contributed by atoms with Gasteiger partial charge in [-0.2, -0.15) is 0 Å². The smallest absolute Gasteiger partial charge is 0.337 e. The van der Waals surface area contributed by atoms with Gasteiger partial charge in [-0.05, 0) is 37.0 Å². The van der Waals surface area contributed by atoms with Crippen LogP contribution in [0.5, 0.6) is 0 Å². The molecule has 0 heterocycles. The molecule has 1 saturated carbocycles. The number of halogens is 1. The Kier molecular flexibility index (Phi) is 3.30. The summed E-state index contributed by atoms with van der Waals surface area (Å²) in [5.74, 6) is 0.0841. The van der Waals surface area contributed by atoms with Crippen molar-refractivity contribution in [3.63, 3.8) is 0 Å². The molecular weight excluding hydrogens is 248 g/mol. The van der Waals surface area contributed by atoms with E-state index >= 15 is 0 Å². The van der Waals surface area contributed by atoms with Gasteiger partial charge in [-0.15, -0.1) is 0 Å². The normalized spacial score (nSPS) is 17.1. The highest BCUT2D eigenvalue weighted by atomic mass is 35.5. The molecule has 0 saturated heterocycles. The molecule has 1 aromatic carbocycles. The lowest BCUT2D eigenvalue weighted by Gasteiger charge is -2.04. The van der Waals surface area contributed by atoms with Gasteiger partial charge in [-0.3, -0.25) is 4.21 Å². The number of rotatable bonds is 4. The third-order valence-corrected chi connectivity index (χ3v) is 4.40. The molecule has 0 bridgehead atoms. The van der Waals surface area contributed by atoms with E-state index < -0.39 is 16.8 Å². The number of benzene rings is 1. The van der Waals surface area contributed by atoms with Gasteiger partial charge in [0.15, 0.2) is 0 Å². The third kappa shape index (κ3) is 2.62. The summed E-state index contributed by atoms with van der Waals surface area (Å²) in [7, 11) is -1.11. The first-order valence-corrected chi connectivity index (χ1v) is 6.69. The quantitative estimate of drug-likeness (QED) is 0.903. The summed E-state index contributed by atoms with van der Waals surface area (Å²) in [6.45, 7) is 0. The Morgan fingerprint density at radius 2 is 2.19 bits per heavy atom. The van der Waals surface area contributed by atoms with Gasteiger partial charge in [-0.25, -0.2) is 4.79 Å². The van der Waals surface area contributed by atoms with E-state index in [2.05, 4.69) is 0 Å². The molecule has 5 heteroatoms. The van der Waals surface area contributed by atoms with E-state index in [1.165, 1.54) is 12.1 Å². The van der Waals surface area contributed by atoms with Crippen molar-refractivity contribution in [1.29, 1.82) is 0 Å². The van der Waals surface area contributed by atoms with Crippen molar-refractivity contribution >= 4 is 28.4 Å². The molecule has 1 aliphatic carbocycles. The maximum atomic E-state index is 11.9. The fourth-order valence-electron chi connectivity index (χ4n) is 1.40. The standard InChI is InChI=1S/C11H11ClO3S/c12-10-4-3-8(5-9(10)11(13)14)16(15)6-7-1-2-7/h3-5,7H,1-2,6H2,(H,13,14). The Morgan fingerprint density at radius 1 is 1.50 bits per heavy atom. The van der Waals surface area contributed by atoms with Crippen LogP contribution in [0.3, 0.4) is 0 Å². The van der Waals surface area contributed by atoms with E-state index in [0.29, 0.717) is 16.6 Å². The lowest BCUT2D eigenvalue weighted by molar-refractivity contribution is 0.0697. The monoisotopic (exact) mass is 258 g/mol. The molecule has 1 fully saturated rings. The lowest BCUT2D eigenvalue weighted by atomic mass is 10.2. The maximum Gasteiger partial charge on any atom is 0.337 e. The largest absolute Gasteiger partial charge is 0.478 e. The van der Waals surface area contributed by atoms with Crippen molar-refractivity contribution < 1.29 is 14.1 Å². The predicted octanol–water partition coefficient (Wildman–Crippen LogP) is 2.56. The minimum Gasteiger partial charge on any atom is -0.478 e. The van der Waals surface area contributed by atoms with Crippen molar-refractivity contribution in [2.24, 2.45) is 5.92 Å². The summed E-state index contributed by atoms with van der Waals surface area (Å²) >= 11 is 5.73. The Morgan fingerprint density at radius 3 is 2.75 bits per heavy atom. The second-order valence-corrected chi connectivity index (χ2v) is 5.81. The molecule has 0 spiro atoms. The van der Waals surface area contributed by atoms with Crippen molar-refractivity contribution in [3.05, 3.63) is 28.8 Å².